The van der Waals surface area contributed by atoms with E-state index >= 15 is 0 Å². The normalized spacial score (nSPS) is 10.6. The van der Waals surface area contributed by atoms with Crippen LogP contribution in [0.2, 0.25) is 0 Å². The number of aliphatic hydroxyl groups is 4. The molecule has 12 nitrogen and oxygen atoms in total. The van der Waals surface area contributed by atoms with Crippen LogP contribution in [0.15, 0.2) is 42.5 Å². The third-order valence-electron chi connectivity index (χ3n) is 4.91. The van der Waals surface area contributed by atoms with Crippen LogP contribution in [0.3, 0.4) is 0 Å². The van der Waals surface area contributed by atoms with E-state index in [1.165, 1.54) is 49.6 Å². The molecule has 2 heterocycles. The van der Waals surface area contributed by atoms with E-state index in [0.29, 0.717) is 0 Å². The molecule has 0 atom stereocenters. The summed E-state index contributed by atoms with van der Waals surface area (Å²) in [6.07, 6.45) is 0. The summed E-state index contributed by atoms with van der Waals surface area (Å²) in [6, 6.07) is 9.50. The van der Waals surface area contributed by atoms with Gasteiger partial charge in [-0.2, -0.15) is 0 Å². The summed E-state index contributed by atoms with van der Waals surface area (Å²) in [5.41, 5.74) is 1.29. The maximum absolute atomic E-state index is 12.8. The van der Waals surface area contributed by atoms with Crippen LogP contribution in [0.1, 0.15) is 53.8 Å². The molecule has 3 aromatic rings. The zero-order chi connectivity index (χ0) is 26.2. The SMILES string of the molecule is COC(=O)c1cc(NC(=O)c2cc(CO)nc(CO)c2)cc(NC(=O)c2cc(CO)nc(CO)c2)c1. The van der Waals surface area contributed by atoms with Crippen molar-refractivity contribution in [1.82, 2.24) is 9.97 Å². The van der Waals surface area contributed by atoms with Crippen LogP contribution in [0.25, 0.3) is 0 Å². The molecule has 0 fully saturated rings. The Kier molecular flexibility index (Phi) is 8.76. The average Bonchev–Trinajstić information content (AvgIpc) is 2.91. The van der Waals surface area contributed by atoms with Gasteiger partial charge in [-0.3, -0.25) is 19.6 Å². The van der Waals surface area contributed by atoms with Crippen molar-refractivity contribution in [3.63, 3.8) is 0 Å². The molecular weight excluding hydrogens is 472 g/mol. The fraction of sp³-hybridized carbons (Fsp3) is 0.208. The lowest BCUT2D eigenvalue weighted by molar-refractivity contribution is 0.0600. The molecule has 0 aliphatic heterocycles. The van der Waals surface area contributed by atoms with Crippen molar-refractivity contribution in [3.05, 3.63) is 81.9 Å². The Hall–Kier alpha value is -4.23. The highest BCUT2D eigenvalue weighted by molar-refractivity contribution is 6.07. The first-order chi connectivity index (χ1) is 17.3. The topological polar surface area (TPSA) is 191 Å². The van der Waals surface area contributed by atoms with E-state index in [2.05, 4.69) is 20.6 Å². The summed E-state index contributed by atoms with van der Waals surface area (Å²) in [7, 11) is 1.18. The van der Waals surface area contributed by atoms with Crippen molar-refractivity contribution >= 4 is 29.2 Å². The summed E-state index contributed by atoms with van der Waals surface area (Å²) >= 11 is 0. The number of nitrogens with one attached hydrogen (secondary N) is 2. The van der Waals surface area contributed by atoms with Crippen molar-refractivity contribution in [2.75, 3.05) is 17.7 Å². The number of carbonyl (C=O) groups is 3. The van der Waals surface area contributed by atoms with Crippen molar-refractivity contribution in [2.24, 2.45) is 0 Å². The highest BCUT2D eigenvalue weighted by atomic mass is 16.5. The predicted molar refractivity (Wildman–Crippen MR) is 126 cm³/mol. The number of anilines is 2. The summed E-state index contributed by atoms with van der Waals surface area (Å²) in [5, 5.41) is 42.6. The summed E-state index contributed by atoms with van der Waals surface area (Å²) in [5.74, 6) is -1.95. The van der Waals surface area contributed by atoms with Gasteiger partial charge in [0.05, 0.1) is 61.9 Å². The molecule has 0 bridgehead atoms. The molecule has 0 saturated carbocycles. The maximum Gasteiger partial charge on any atom is 0.337 e. The Bertz CT molecular complexity index is 1160. The van der Waals surface area contributed by atoms with Crippen molar-refractivity contribution in [1.29, 1.82) is 0 Å². The number of carbonyl (C=O) groups excluding carboxylic acids is 3. The lowest BCUT2D eigenvalue weighted by atomic mass is 10.1. The van der Waals surface area contributed by atoms with Crippen LogP contribution >= 0.6 is 0 Å². The van der Waals surface area contributed by atoms with Gasteiger partial charge in [0.15, 0.2) is 0 Å². The maximum atomic E-state index is 12.8. The minimum atomic E-state index is -0.718. The third-order valence-corrected chi connectivity index (χ3v) is 4.91. The zero-order valence-electron chi connectivity index (χ0n) is 19.2. The van der Waals surface area contributed by atoms with Gasteiger partial charge in [0.1, 0.15) is 0 Å². The molecular formula is C24H24N4O8. The largest absolute Gasteiger partial charge is 0.465 e. The van der Waals surface area contributed by atoms with Gasteiger partial charge >= 0.3 is 5.97 Å². The molecule has 2 aromatic heterocycles. The Morgan fingerprint density at radius 1 is 0.639 bits per heavy atom. The first-order valence-corrected chi connectivity index (χ1v) is 10.6. The monoisotopic (exact) mass is 496 g/mol. The van der Waals surface area contributed by atoms with Crippen LogP contribution in [0, 0.1) is 0 Å². The molecule has 188 valence electrons. The van der Waals surface area contributed by atoms with Gasteiger partial charge in [-0.15, -0.1) is 0 Å². The van der Waals surface area contributed by atoms with Gasteiger partial charge in [-0.25, -0.2) is 4.79 Å². The number of aliphatic hydroxyl groups excluding tert-OH is 4. The standard InChI is InChI=1S/C24H24N4O8/c1-36-24(35)15-6-16(27-22(33)13-2-18(9-29)25-19(3-13)10-30)8-17(7-15)28-23(34)14-4-20(11-31)26-21(5-14)12-32/h2-8,29-32H,9-12H2,1H3,(H,27,33)(H,28,34). The number of esters is 1. The van der Waals surface area contributed by atoms with E-state index in [-0.39, 0.29) is 50.8 Å². The minimum absolute atomic E-state index is 0.0363. The zero-order valence-corrected chi connectivity index (χ0v) is 19.2. The molecule has 1 aromatic carbocycles. The summed E-state index contributed by atoms with van der Waals surface area (Å²) < 4.78 is 4.75. The van der Waals surface area contributed by atoms with Crippen LogP contribution in [0.4, 0.5) is 11.4 Å². The number of nitrogens with zero attached hydrogens (tertiary/aromatic N) is 2. The number of rotatable bonds is 9. The average molecular weight is 496 g/mol. The Labute approximate surface area is 205 Å². The molecule has 3 rings (SSSR count). The first-order valence-electron chi connectivity index (χ1n) is 10.6. The lowest BCUT2D eigenvalue weighted by Gasteiger charge is -2.13. The first kappa shape index (κ1) is 26.4. The second-order valence-corrected chi connectivity index (χ2v) is 7.51. The molecule has 0 unspecified atom stereocenters. The summed E-state index contributed by atoms with van der Waals surface area (Å²) in [6.45, 7) is -1.75. The van der Waals surface area contributed by atoms with Crippen LogP contribution in [-0.2, 0) is 31.2 Å². The number of pyridine rings is 2. The van der Waals surface area contributed by atoms with Crippen molar-refractivity contribution in [3.8, 4) is 0 Å². The van der Waals surface area contributed by atoms with Gasteiger partial charge in [-0.1, -0.05) is 0 Å². The molecule has 36 heavy (non-hydrogen) atoms. The molecule has 0 aliphatic carbocycles. The molecule has 0 spiro atoms. The molecule has 0 saturated heterocycles. The van der Waals surface area contributed by atoms with E-state index in [1.54, 1.807) is 0 Å². The number of ether oxygens (including phenoxy) is 1. The molecule has 12 heteroatoms. The van der Waals surface area contributed by atoms with Crippen LogP contribution in [0.5, 0.6) is 0 Å². The van der Waals surface area contributed by atoms with E-state index in [0.717, 1.165) is 0 Å². The smallest absolute Gasteiger partial charge is 0.337 e. The van der Waals surface area contributed by atoms with E-state index in [9.17, 15) is 34.8 Å². The van der Waals surface area contributed by atoms with Gasteiger partial charge < -0.3 is 35.8 Å². The second kappa shape index (κ2) is 12.0. The lowest BCUT2D eigenvalue weighted by Crippen LogP contribution is -2.17. The Morgan fingerprint density at radius 2 is 1.00 bits per heavy atom. The summed E-state index contributed by atoms with van der Waals surface area (Å²) in [4.78, 5) is 45.8. The third kappa shape index (κ3) is 6.46. The van der Waals surface area contributed by atoms with E-state index < -0.39 is 44.2 Å². The van der Waals surface area contributed by atoms with Crippen molar-refractivity contribution < 1.29 is 39.5 Å². The number of amides is 2. The van der Waals surface area contributed by atoms with Crippen LogP contribution < -0.4 is 10.6 Å². The van der Waals surface area contributed by atoms with Crippen molar-refractivity contribution in [2.45, 2.75) is 26.4 Å². The van der Waals surface area contributed by atoms with E-state index in [4.69, 9.17) is 4.74 Å². The van der Waals surface area contributed by atoms with Gasteiger partial charge in [-0.05, 0) is 42.5 Å². The second-order valence-electron chi connectivity index (χ2n) is 7.51. The number of hydrogen-bond acceptors (Lipinski definition) is 10. The van der Waals surface area contributed by atoms with Gasteiger partial charge in [0, 0.05) is 22.5 Å². The minimum Gasteiger partial charge on any atom is -0.465 e. The number of hydrogen-bond donors (Lipinski definition) is 6. The fourth-order valence-corrected chi connectivity index (χ4v) is 3.30. The fourth-order valence-electron chi connectivity index (χ4n) is 3.30. The quantitative estimate of drug-likeness (QED) is 0.230. The predicted octanol–water partition coefficient (Wildman–Crippen LogP) is 0.737. The highest BCUT2D eigenvalue weighted by Gasteiger charge is 2.16. The number of benzene rings is 1. The highest BCUT2D eigenvalue weighted by Crippen LogP contribution is 2.22. The number of aromatic nitrogens is 2. The molecule has 2 amide bonds. The Balaban J connectivity index is 1.92. The van der Waals surface area contributed by atoms with Gasteiger partial charge in [0.25, 0.3) is 11.8 Å². The van der Waals surface area contributed by atoms with Gasteiger partial charge in [0.2, 0.25) is 0 Å². The molecule has 0 aliphatic rings. The molecule has 0 radical (unpaired) electrons. The van der Waals surface area contributed by atoms with Crippen LogP contribution in [-0.4, -0.2) is 55.3 Å². The van der Waals surface area contributed by atoms with E-state index in [1.807, 2.05) is 0 Å². The Morgan fingerprint density at radius 3 is 1.31 bits per heavy atom. The number of methoxy groups -OCH3 is 1. The molecule has 6 N–H and O–H groups in total.